The molecule has 1 aliphatic carbocycles. The number of rotatable bonds is 4. The third-order valence-corrected chi connectivity index (χ3v) is 4.80. The third kappa shape index (κ3) is 2.52. The predicted octanol–water partition coefficient (Wildman–Crippen LogP) is 1.42. The standard InChI is InChI=1S/C14H18N2O2S/c1-9-14(18)16(7-6-11-3-2-8-19-11)12(10-4-5-10)13(17)15-9/h2-3,8-10,12H,4-7H2,1H3,(H,15,17). The van der Waals surface area contributed by atoms with Crippen LogP contribution in [0.5, 0.6) is 0 Å². The zero-order valence-electron chi connectivity index (χ0n) is 11.0. The minimum atomic E-state index is -0.383. The molecule has 1 saturated heterocycles. The molecule has 0 aromatic carbocycles. The van der Waals surface area contributed by atoms with E-state index >= 15 is 0 Å². The van der Waals surface area contributed by atoms with Crippen LogP contribution in [0.2, 0.25) is 0 Å². The molecule has 1 saturated carbocycles. The lowest BCUT2D eigenvalue weighted by Gasteiger charge is -2.38. The van der Waals surface area contributed by atoms with Gasteiger partial charge in [-0.25, -0.2) is 0 Å². The Bertz CT molecular complexity index is 482. The number of nitrogens with one attached hydrogen (secondary N) is 1. The summed E-state index contributed by atoms with van der Waals surface area (Å²) in [5.74, 6) is 0.466. The van der Waals surface area contributed by atoms with Crippen molar-refractivity contribution in [2.45, 2.75) is 38.3 Å². The van der Waals surface area contributed by atoms with E-state index in [1.54, 1.807) is 23.2 Å². The van der Waals surface area contributed by atoms with Crippen LogP contribution in [0.4, 0.5) is 0 Å². The van der Waals surface area contributed by atoms with E-state index in [0.29, 0.717) is 12.5 Å². The van der Waals surface area contributed by atoms with Crippen molar-refractivity contribution in [2.75, 3.05) is 6.54 Å². The lowest BCUT2D eigenvalue weighted by atomic mass is 10.0. The summed E-state index contributed by atoms with van der Waals surface area (Å²) in [5.41, 5.74) is 0. The summed E-state index contributed by atoms with van der Waals surface area (Å²) in [7, 11) is 0. The first-order valence-electron chi connectivity index (χ1n) is 6.80. The van der Waals surface area contributed by atoms with Gasteiger partial charge in [-0.15, -0.1) is 11.3 Å². The maximum absolute atomic E-state index is 12.3. The zero-order chi connectivity index (χ0) is 13.4. The molecule has 3 rings (SSSR count). The number of hydrogen-bond acceptors (Lipinski definition) is 3. The van der Waals surface area contributed by atoms with Crippen molar-refractivity contribution < 1.29 is 9.59 Å². The van der Waals surface area contributed by atoms with E-state index in [1.807, 2.05) is 11.4 Å². The fourth-order valence-corrected chi connectivity index (χ4v) is 3.40. The summed E-state index contributed by atoms with van der Waals surface area (Å²) in [6.45, 7) is 2.42. The summed E-state index contributed by atoms with van der Waals surface area (Å²) >= 11 is 1.70. The second-order valence-corrected chi connectivity index (χ2v) is 6.41. The van der Waals surface area contributed by atoms with E-state index in [2.05, 4.69) is 11.4 Å². The largest absolute Gasteiger partial charge is 0.343 e. The molecule has 2 atom stereocenters. The molecule has 19 heavy (non-hydrogen) atoms. The summed E-state index contributed by atoms with van der Waals surface area (Å²) in [5, 5.41) is 4.84. The van der Waals surface area contributed by atoms with Crippen molar-refractivity contribution in [3.05, 3.63) is 22.4 Å². The van der Waals surface area contributed by atoms with E-state index in [9.17, 15) is 9.59 Å². The molecular formula is C14H18N2O2S. The van der Waals surface area contributed by atoms with E-state index in [1.165, 1.54) is 4.88 Å². The molecule has 2 aliphatic rings. The second kappa shape index (κ2) is 4.96. The predicted molar refractivity (Wildman–Crippen MR) is 73.9 cm³/mol. The summed E-state index contributed by atoms with van der Waals surface area (Å²) in [4.78, 5) is 27.5. The molecule has 2 fully saturated rings. The molecule has 0 spiro atoms. The van der Waals surface area contributed by atoms with Crippen LogP contribution in [0.25, 0.3) is 0 Å². The fraction of sp³-hybridized carbons (Fsp3) is 0.571. The Labute approximate surface area is 116 Å². The van der Waals surface area contributed by atoms with Crippen LogP contribution in [0.3, 0.4) is 0 Å². The van der Waals surface area contributed by atoms with Crippen LogP contribution < -0.4 is 5.32 Å². The average Bonchev–Trinajstić information content (AvgIpc) is 3.07. The minimum absolute atomic E-state index is 0.0285. The maximum atomic E-state index is 12.3. The van der Waals surface area contributed by atoms with Gasteiger partial charge >= 0.3 is 0 Å². The van der Waals surface area contributed by atoms with Crippen molar-refractivity contribution in [3.8, 4) is 0 Å². The van der Waals surface area contributed by atoms with E-state index < -0.39 is 0 Å². The molecule has 1 N–H and O–H groups in total. The average molecular weight is 278 g/mol. The van der Waals surface area contributed by atoms with Gasteiger partial charge < -0.3 is 10.2 Å². The van der Waals surface area contributed by atoms with Gasteiger partial charge in [0, 0.05) is 11.4 Å². The Morgan fingerprint density at radius 3 is 2.84 bits per heavy atom. The molecule has 1 aliphatic heterocycles. The van der Waals surface area contributed by atoms with E-state index in [0.717, 1.165) is 19.3 Å². The van der Waals surface area contributed by atoms with Gasteiger partial charge in [0.25, 0.3) is 0 Å². The van der Waals surface area contributed by atoms with Crippen LogP contribution >= 0.6 is 11.3 Å². The Morgan fingerprint density at radius 2 is 2.21 bits per heavy atom. The minimum Gasteiger partial charge on any atom is -0.343 e. The molecule has 2 heterocycles. The van der Waals surface area contributed by atoms with Gasteiger partial charge in [-0.1, -0.05) is 6.07 Å². The number of piperazine rings is 1. The Balaban J connectivity index is 1.73. The van der Waals surface area contributed by atoms with Gasteiger partial charge in [0.15, 0.2) is 0 Å². The Morgan fingerprint density at radius 1 is 1.42 bits per heavy atom. The molecular weight excluding hydrogens is 260 g/mol. The van der Waals surface area contributed by atoms with Crippen molar-refractivity contribution >= 4 is 23.2 Å². The van der Waals surface area contributed by atoms with Crippen LogP contribution in [-0.4, -0.2) is 35.3 Å². The number of nitrogens with zero attached hydrogens (tertiary/aromatic N) is 1. The van der Waals surface area contributed by atoms with Crippen molar-refractivity contribution in [3.63, 3.8) is 0 Å². The lowest BCUT2D eigenvalue weighted by molar-refractivity contribution is -0.149. The van der Waals surface area contributed by atoms with Crippen LogP contribution in [0.1, 0.15) is 24.6 Å². The van der Waals surface area contributed by atoms with Crippen molar-refractivity contribution in [2.24, 2.45) is 5.92 Å². The van der Waals surface area contributed by atoms with Gasteiger partial charge in [-0.2, -0.15) is 0 Å². The maximum Gasteiger partial charge on any atom is 0.245 e. The highest BCUT2D eigenvalue weighted by Gasteiger charge is 2.46. The quantitative estimate of drug-likeness (QED) is 0.905. The summed E-state index contributed by atoms with van der Waals surface area (Å²) in [6.07, 6.45) is 2.97. The van der Waals surface area contributed by atoms with E-state index in [4.69, 9.17) is 0 Å². The van der Waals surface area contributed by atoms with Gasteiger partial charge in [0.1, 0.15) is 12.1 Å². The number of thiophene rings is 1. The number of carbonyl (C=O) groups excluding carboxylic acids is 2. The normalized spacial score (nSPS) is 27.5. The van der Waals surface area contributed by atoms with E-state index in [-0.39, 0.29) is 23.9 Å². The van der Waals surface area contributed by atoms with Crippen molar-refractivity contribution in [1.29, 1.82) is 0 Å². The van der Waals surface area contributed by atoms with Gasteiger partial charge in [-0.3, -0.25) is 9.59 Å². The first kappa shape index (κ1) is 12.7. The molecule has 2 unspecified atom stereocenters. The Kier molecular flexibility index (Phi) is 3.31. The highest BCUT2D eigenvalue weighted by molar-refractivity contribution is 7.09. The third-order valence-electron chi connectivity index (χ3n) is 3.86. The molecule has 4 nitrogen and oxygen atoms in total. The summed E-state index contributed by atoms with van der Waals surface area (Å²) in [6, 6.07) is 3.48. The fourth-order valence-electron chi connectivity index (χ4n) is 2.70. The van der Waals surface area contributed by atoms with Crippen LogP contribution in [-0.2, 0) is 16.0 Å². The molecule has 0 radical (unpaired) electrons. The zero-order valence-corrected chi connectivity index (χ0v) is 11.8. The molecule has 1 aromatic rings. The molecule has 1 aromatic heterocycles. The SMILES string of the molecule is CC1NC(=O)C(C2CC2)N(CCc2cccs2)C1=O. The number of carbonyl (C=O) groups is 2. The lowest BCUT2D eigenvalue weighted by Crippen LogP contribution is -2.63. The van der Waals surface area contributed by atoms with Crippen LogP contribution in [0, 0.1) is 5.92 Å². The summed E-state index contributed by atoms with van der Waals surface area (Å²) < 4.78 is 0. The molecule has 2 amide bonds. The molecule has 102 valence electrons. The first-order chi connectivity index (χ1) is 9.16. The monoisotopic (exact) mass is 278 g/mol. The highest BCUT2D eigenvalue weighted by Crippen LogP contribution is 2.37. The van der Waals surface area contributed by atoms with Gasteiger partial charge in [0.05, 0.1) is 0 Å². The molecule has 5 heteroatoms. The molecule has 0 bridgehead atoms. The van der Waals surface area contributed by atoms with Crippen LogP contribution in [0.15, 0.2) is 17.5 Å². The number of hydrogen-bond donors (Lipinski definition) is 1. The number of amides is 2. The second-order valence-electron chi connectivity index (χ2n) is 5.37. The Hall–Kier alpha value is -1.36. The first-order valence-corrected chi connectivity index (χ1v) is 7.68. The topological polar surface area (TPSA) is 49.4 Å². The van der Waals surface area contributed by atoms with Gasteiger partial charge in [-0.05, 0) is 43.6 Å². The van der Waals surface area contributed by atoms with Crippen molar-refractivity contribution in [1.82, 2.24) is 10.2 Å². The highest BCUT2D eigenvalue weighted by atomic mass is 32.1. The van der Waals surface area contributed by atoms with Gasteiger partial charge in [0.2, 0.25) is 11.8 Å². The smallest absolute Gasteiger partial charge is 0.245 e.